The van der Waals surface area contributed by atoms with Gasteiger partial charge in [0.2, 0.25) is 0 Å². The highest BCUT2D eigenvalue weighted by Gasteiger charge is 2.19. The van der Waals surface area contributed by atoms with Gasteiger partial charge in [0.05, 0.1) is 6.04 Å². The van der Waals surface area contributed by atoms with Crippen LogP contribution in [-0.2, 0) is 0 Å². The Bertz CT molecular complexity index is 616. The monoisotopic (exact) mass is 303 g/mol. The van der Waals surface area contributed by atoms with E-state index in [9.17, 15) is 0 Å². The van der Waals surface area contributed by atoms with E-state index in [2.05, 4.69) is 44.3 Å². The first-order valence-corrected chi connectivity index (χ1v) is 8.20. The Balaban J connectivity index is 1.97. The summed E-state index contributed by atoms with van der Waals surface area (Å²) in [5, 5.41) is 3.58. The molecule has 1 aliphatic rings. The van der Waals surface area contributed by atoms with E-state index in [0.29, 0.717) is 13.2 Å². The van der Waals surface area contributed by atoms with Crippen LogP contribution in [0.2, 0.25) is 0 Å². The zero-order valence-electron chi connectivity index (χ0n) is 12.7. The molecule has 0 saturated carbocycles. The summed E-state index contributed by atoms with van der Waals surface area (Å²) in [4.78, 5) is 2.73. The van der Waals surface area contributed by atoms with Gasteiger partial charge in [-0.3, -0.25) is 0 Å². The van der Waals surface area contributed by atoms with Gasteiger partial charge in [-0.1, -0.05) is 13.0 Å². The third-order valence-electron chi connectivity index (χ3n) is 3.78. The summed E-state index contributed by atoms with van der Waals surface area (Å²) < 4.78 is 11.3. The van der Waals surface area contributed by atoms with Gasteiger partial charge in [-0.05, 0) is 49.7 Å². The van der Waals surface area contributed by atoms with Crippen molar-refractivity contribution in [1.29, 1.82) is 0 Å². The summed E-state index contributed by atoms with van der Waals surface area (Å²) in [6, 6.07) is 8.74. The molecule has 0 fully saturated rings. The number of ether oxygens (including phenoxy) is 2. The molecule has 1 atom stereocenters. The standard InChI is InChI=1S/C17H21NO2S/c1-4-18-17(16-9-11(2)12(3)21-16)13-5-6-14-15(10-13)20-8-7-19-14/h5-6,9-10,17-18H,4,7-8H2,1-3H3. The molecular weight excluding hydrogens is 282 g/mol. The minimum atomic E-state index is 0.211. The number of thiophene rings is 1. The molecule has 2 heterocycles. The van der Waals surface area contributed by atoms with Gasteiger partial charge in [-0.2, -0.15) is 0 Å². The van der Waals surface area contributed by atoms with Gasteiger partial charge < -0.3 is 14.8 Å². The number of rotatable bonds is 4. The first kappa shape index (κ1) is 14.4. The van der Waals surface area contributed by atoms with Crippen LogP contribution in [0.15, 0.2) is 24.3 Å². The average molecular weight is 303 g/mol. The lowest BCUT2D eigenvalue weighted by atomic mass is 10.0. The van der Waals surface area contributed by atoms with Crippen LogP contribution in [0.5, 0.6) is 11.5 Å². The molecule has 4 heteroatoms. The average Bonchev–Trinajstić information content (AvgIpc) is 2.83. The SMILES string of the molecule is CCNC(c1ccc2c(c1)OCCO2)c1cc(C)c(C)s1. The van der Waals surface area contributed by atoms with Crippen LogP contribution >= 0.6 is 11.3 Å². The summed E-state index contributed by atoms with van der Waals surface area (Å²) in [6.07, 6.45) is 0. The lowest BCUT2D eigenvalue weighted by molar-refractivity contribution is 0.171. The van der Waals surface area contributed by atoms with Crippen LogP contribution in [-0.4, -0.2) is 19.8 Å². The van der Waals surface area contributed by atoms with E-state index in [1.807, 2.05) is 17.4 Å². The zero-order valence-corrected chi connectivity index (χ0v) is 13.5. The molecule has 3 rings (SSSR count). The number of nitrogens with one attached hydrogen (secondary N) is 1. The maximum atomic E-state index is 5.71. The fourth-order valence-corrected chi connectivity index (χ4v) is 3.72. The third-order valence-corrected chi connectivity index (χ3v) is 4.99. The summed E-state index contributed by atoms with van der Waals surface area (Å²) in [5.74, 6) is 1.70. The van der Waals surface area contributed by atoms with E-state index in [4.69, 9.17) is 9.47 Å². The molecule has 0 bridgehead atoms. The molecule has 0 amide bonds. The largest absolute Gasteiger partial charge is 0.486 e. The van der Waals surface area contributed by atoms with Crippen molar-refractivity contribution in [3.63, 3.8) is 0 Å². The number of benzene rings is 1. The van der Waals surface area contributed by atoms with Crippen molar-refractivity contribution in [3.05, 3.63) is 45.1 Å². The number of fused-ring (bicyclic) bond motifs is 1. The molecule has 0 spiro atoms. The van der Waals surface area contributed by atoms with Gasteiger partial charge in [0.25, 0.3) is 0 Å². The minimum Gasteiger partial charge on any atom is -0.486 e. The molecule has 0 saturated heterocycles. The second-order valence-corrected chi connectivity index (χ2v) is 6.57. The summed E-state index contributed by atoms with van der Waals surface area (Å²) in [5.41, 5.74) is 2.58. The van der Waals surface area contributed by atoms with Crippen LogP contribution in [0.3, 0.4) is 0 Å². The van der Waals surface area contributed by atoms with Gasteiger partial charge in [-0.25, -0.2) is 0 Å². The van der Waals surface area contributed by atoms with Crippen molar-refractivity contribution in [1.82, 2.24) is 5.32 Å². The first-order chi connectivity index (χ1) is 10.2. The van der Waals surface area contributed by atoms with E-state index in [1.54, 1.807) is 0 Å². The van der Waals surface area contributed by atoms with E-state index in [-0.39, 0.29) is 6.04 Å². The van der Waals surface area contributed by atoms with Crippen LogP contribution in [0.4, 0.5) is 0 Å². The van der Waals surface area contributed by atoms with Crippen molar-refractivity contribution in [3.8, 4) is 11.5 Å². The Morgan fingerprint density at radius 1 is 1.14 bits per heavy atom. The van der Waals surface area contributed by atoms with E-state index < -0.39 is 0 Å². The smallest absolute Gasteiger partial charge is 0.161 e. The Morgan fingerprint density at radius 3 is 2.57 bits per heavy atom. The molecule has 1 aromatic heterocycles. The van der Waals surface area contributed by atoms with Gasteiger partial charge in [0.15, 0.2) is 11.5 Å². The Morgan fingerprint density at radius 2 is 1.90 bits per heavy atom. The van der Waals surface area contributed by atoms with E-state index in [0.717, 1.165) is 18.0 Å². The normalized spacial score (nSPS) is 15.0. The summed E-state index contributed by atoms with van der Waals surface area (Å²) in [7, 11) is 0. The molecule has 2 aromatic rings. The summed E-state index contributed by atoms with van der Waals surface area (Å²) in [6.45, 7) is 8.66. The minimum absolute atomic E-state index is 0.211. The first-order valence-electron chi connectivity index (χ1n) is 7.39. The molecular formula is C17H21NO2S. The van der Waals surface area contributed by atoms with Crippen molar-refractivity contribution in [2.75, 3.05) is 19.8 Å². The zero-order chi connectivity index (χ0) is 14.8. The van der Waals surface area contributed by atoms with E-state index >= 15 is 0 Å². The maximum Gasteiger partial charge on any atom is 0.161 e. The highest BCUT2D eigenvalue weighted by Crippen LogP contribution is 2.36. The van der Waals surface area contributed by atoms with Gasteiger partial charge in [0, 0.05) is 9.75 Å². The molecule has 0 radical (unpaired) electrons. The summed E-state index contributed by atoms with van der Waals surface area (Å²) >= 11 is 1.86. The number of hydrogen-bond donors (Lipinski definition) is 1. The predicted octanol–water partition coefficient (Wildman–Crippen LogP) is 3.84. The van der Waals surface area contributed by atoms with Gasteiger partial charge in [0.1, 0.15) is 13.2 Å². The van der Waals surface area contributed by atoms with E-state index in [1.165, 1.54) is 20.9 Å². The predicted molar refractivity (Wildman–Crippen MR) is 86.7 cm³/mol. The fraction of sp³-hybridized carbons (Fsp3) is 0.412. The molecule has 1 aromatic carbocycles. The lowest BCUT2D eigenvalue weighted by Gasteiger charge is -2.22. The van der Waals surface area contributed by atoms with Crippen molar-refractivity contribution in [2.45, 2.75) is 26.8 Å². The fourth-order valence-electron chi connectivity index (χ4n) is 2.57. The Hall–Kier alpha value is -1.52. The molecule has 1 N–H and O–H groups in total. The van der Waals surface area contributed by atoms with Crippen LogP contribution in [0.1, 0.15) is 33.8 Å². The molecule has 1 aliphatic heterocycles. The molecule has 1 unspecified atom stereocenters. The van der Waals surface area contributed by atoms with Crippen LogP contribution < -0.4 is 14.8 Å². The topological polar surface area (TPSA) is 30.5 Å². The molecule has 3 nitrogen and oxygen atoms in total. The third kappa shape index (κ3) is 2.92. The second kappa shape index (κ2) is 6.08. The highest BCUT2D eigenvalue weighted by molar-refractivity contribution is 7.12. The Kier molecular flexibility index (Phi) is 4.17. The number of aryl methyl sites for hydroxylation is 2. The van der Waals surface area contributed by atoms with Gasteiger partial charge in [-0.15, -0.1) is 11.3 Å². The van der Waals surface area contributed by atoms with Gasteiger partial charge >= 0.3 is 0 Å². The maximum absolute atomic E-state index is 5.71. The van der Waals surface area contributed by atoms with Crippen molar-refractivity contribution >= 4 is 11.3 Å². The number of hydrogen-bond acceptors (Lipinski definition) is 4. The van der Waals surface area contributed by atoms with Crippen LogP contribution in [0, 0.1) is 13.8 Å². The molecule has 21 heavy (non-hydrogen) atoms. The lowest BCUT2D eigenvalue weighted by Crippen LogP contribution is -2.22. The van der Waals surface area contributed by atoms with Crippen molar-refractivity contribution < 1.29 is 9.47 Å². The molecule has 112 valence electrons. The molecule has 0 aliphatic carbocycles. The quantitative estimate of drug-likeness (QED) is 0.931. The second-order valence-electron chi connectivity index (χ2n) is 5.28. The van der Waals surface area contributed by atoms with Crippen molar-refractivity contribution in [2.24, 2.45) is 0 Å². The highest BCUT2D eigenvalue weighted by atomic mass is 32.1. The van der Waals surface area contributed by atoms with Crippen LogP contribution in [0.25, 0.3) is 0 Å². The Labute approximate surface area is 129 Å².